The van der Waals surface area contributed by atoms with E-state index in [1.165, 1.54) is 12.1 Å². The second-order valence-electron chi connectivity index (χ2n) is 3.95. The first-order valence-corrected chi connectivity index (χ1v) is 6.41. The fourth-order valence-corrected chi connectivity index (χ4v) is 2.54. The molecular formula is C14H9BrClFO. The molecule has 0 saturated heterocycles. The maximum absolute atomic E-state index is 13.2. The summed E-state index contributed by atoms with van der Waals surface area (Å²) in [6.45, 7) is 1.77. The Morgan fingerprint density at radius 1 is 1.22 bits per heavy atom. The lowest BCUT2D eigenvalue weighted by atomic mass is 9.99. The number of halogens is 3. The fraction of sp³-hybridized carbons (Fsp3) is 0.0714. The van der Waals surface area contributed by atoms with Crippen molar-refractivity contribution in [3.05, 3.63) is 68.4 Å². The molecule has 0 saturated carbocycles. The Bertz CT molecular complexity index is 605. The van der Waals surface area contributed by atoms with Crippen LogP contribution in [0.3, 0.4) is 0 Å². The first kappa shape index (κ1) is 13.2. The van der Waals surface area contributed by atoms with Crippen LogP contribution in [-0.4, -0.2) is 5.78 Å². The lowest BCUT2D eigenvalue weighted by Crippen LogP contribution is -2.04. The molecule has 0 N–H and O–H groups in total. The number of carbonyl (C=O) groups excluding carboxylic acids is 1. The molecular weight excluding hydrogens is 319 g/mol. The van der Waals surface area contributed by atoms with Crippen LogP contribution < -0.4 is 0 Å². The van der Waals surface area contributed by atoms with Crippen molar-refractivity contribution in [3.63, 3.8) is 0 Å². The third-order valence-electron chi connectivity index (χ3n) is 2.57. The number of carbonyl (C=O) groups is 1. The van der Waals surface area contributed by atoms with E-state index >= 15 is 0 Å². The predicted octanol–water partition coefficient (Wildman–Crippen LogP) is 4.78. The normalized spacial score (nSPS) is 10.4. The lowest BCUT2D eigenvalue weighted by molar-refractivity contribution is 0.103. The van der Waals surface area contributed by atoms with Crippen molar-refractivity contribution in [1.29, 1.82) is 0 Å². The lowest BCUT2D eigenvalue weighted by Gasteiger charge is -2.06. The van der Waals surface area contributed by atoms with E-state index in [4.69, 9.17) is 11.6 Å². The molecule has 0 atom stereocenters. The quantitative estimate of drug-likeness (QED) is 0.725. The molecule has 4 heteroatoms. The number of hydrogen-bond donors (Lipinski definition) is 0. The van der Waals surface area contributed by atoms with E-state index in [1.54, 1.807) is 31.2 Å². The minimum atomic E-state index is -0.426. The Labute approximate surface area is 118 Å². The molecule has 0 radical (unpaired) electrons. The molecule has 0 aromatic heterocycles. The van der Waals surface area contributed by atoms with Gasteiger partial charge in [-0.3, -0.25) is 4.79 Å². The van der Waals surface area contributed by atoms with Crippen molar-refractivity contribution in [3.8, 4) is 0 Å². The first-order valence-electron chi connectivity index (χ1n) is 5.24. The highest BCUT2D eigenvalue weighted by atomic mass is 79.9. The summed E-state index contributed by atoms with van der Waals surface area (Å²) in [7, 11) is 0. The van der Waals surface area contributed by atoms with Crippen LogP contribution >= 0.6 is 27.5 Å². The highest BCUT2D eigenvalue weighted by Crippen LogP contribution is 2.23. The van der Waals surface area contributed by atoms with E-state index in [0.29, 0.717) is 20.6 Å². The van der Waals surface area contributed by atoms with E-state index in [0.717, 1.165) is 5.56 Å². The number of ketones is 1. The maximum atomic E-state index is 13.2. The van der Waals surface area contributed by atoms with E-state index < -0.39 is 5.82 Å². The minimum absolute atomic E-state index is 0.241. The maximum Gasteiger partial charge on any atom is 0.193 e. The van der Waals surface area contributed by atoms with Crippen LogP contribution in [0.1, 0.15) is 21.5 Å². The molecule has 0 heterocycles. The molecule has 0 aliphatic carbocycles. The Hall–Kier alpha value is -1.19. The van der Waals surface area contributed by atoms with Crippen LogP contribution in [0.2, 0.25) is 5.02 Å². The number of hydrogen-bond acceptors (Lipinski definition) is 1. The summed E-state index contributed by atoms with van der Waals surface area (Å²) in [5.41, 5.74) is 1.52. The second-order valence-corrected chi connectivity index (χ2v) is 5.30. The number of benzene rings is 2. The topological polar surface area (TPSA) is 17.1 Å². The zero-order valence-corrected chi connectivity index (χ0v) is 11.8. The molecule has 0 fully saturated rings. The summed E-state index contributed by atoms with van der Waals surface area (Å²) < 4.78 is 13.9. The van der Waals surface area contributed by atoms with Crippen molar-refractivity contribution < 1.29 is 9.18 Å². The average Bonchev–Trinajstić information content (AvgIpc) is 2.30. The monoisotopic (exact) mass is 326 g/mol. The molecule has 0 amide bonds. The molecule has 0 bridgehead atoms. The SMILES string of the molecule is Cc1ccc(F)cc1C(=O)c1cc(Cl)cc(Br)c1. The molecule has 18 heavy (non-hydrogen) atoms. The van der Waals surface area contributed by atoms with Crippen molar-refractivity contribution >= 4 is 33.3 Å². The van der Waals surface area contributed by atoms with E-state index in [2.05, 4.69) is 15.9 Å². The third-order valence-corrected chi connectivity index (χ3v) is 3.25. The van der Waals surface area contributed by atoms with Crippen LogP contribution in [0.4, 0.5) is 4.39 Å². The molecule has 2 rings (SSSR count). The molecule has 0 unspecified atom stereocenters. The number of rotatable bonds is 2. The first-order chi connectivity index (χ1) is 8.47. The fourth-order valence-electron chi connectivity index (χ4n) is 1.68. The Morgan fingerprint density at radius 3 is 2.61 bits per heavy atom. The molecule has 0 aliphatic heterocycles. The highest BCUT2D eigenvalue weighted by molar-refractivity contribution is 9.10. The van der Waals surface area contributed by atoms with E-state index in [-0.39, 0.29) is 5.78 Å². The van der Waals surface area contributed by atoms with Crippen molar-refractivity contribution in [2.75, 3.05) is 0 Å². The van der Waals surface area contributed by atoms with Gasteiger partial charge in [-0.05, 0) is 42.8 Å². The molecule has 1 nitrogen and oxygen atoms in total. The van der Waals surface area contributed by atoms with Gasteiger partial charge >= 0.3 is 0 Å². The van der Waals surface area contributed by atoms with Crippen LogP contribution in [0.15, 0.2) is 40.9 Å². The molecule has 0 spiro atoms. The minimum Gasteiger partial charge on any atom is -0.289 e. The van der Waals surface area contributed by atoms with Crippen LogP contribution in [0.5, 0.6) is 0 Å². The average molecular weight is 328 g/mol. The summed E-state index contributed by atoms with van der Waals surface area (Å²) in [6.07, 6.45) is 0. The largest absolute Gasteiger partial charge is 0.289 e. The third kappa shape index (κ3) is 2.79. The van der Waals surface area contributed by atoms with Gasteiger partial charge in [0, 0.05) is 20.6 Å². The van der Waals surface area contributed by atoms with Gasteiger partial charge in [-0.15, -0.1) is 0 Å². The molecule has 2 aromatic rings. The van der Waals surface area contributed by atoms with Gasteiger partial charge in [0.05, 0.1) is 0 Å². The second kappa shape index (κ2) is 5.21. The van der Waals surface area contributed by atoms with Crippen LogP contribution in [-0.2, 0) is 0 Å². The van der Waals surface area contributed by atoms with Gasteiger partial charge in [0.15, 0.2) is 5.78 Å². The Kier molecular flexibility index (Phi) is 3.83. The summed E-state index contributed by atoms with van der Waals surface area (Å²) in [5, 5.41) is 0.460. The van der Waals surface area contributed by atoms with Gasteiger partial charge in [0.2, 0.25) is 0 Å². The standard InChI is InChI=1S/C14H9BrClFO/c1-8-2-3-12(17)7-13(8)14(18)9-4-10(15)6-11(16)5-9/h2-7H,1H3. The van der Waals surface area contributed by atoms with Gasteiger partial charge in [0.25, 0.3) is 0 Å². The molecule has 0 aliphatic rings. The summed E-state index contributed by atoms with van der Waals surface area (Å²) in [6, 6.07) is 9.09. The highest BCUT2D eigenvalue weighted by Gasteiger charge is 2.13. The molecule has 2 aromatic carbocycles. The van der Waals surface area contributed by atoms with Gasteiger partial charge in [-0.25, -0.2) is 4.39 Å². The van der Waals surface area contributed by atoms with E-state index in [1.807, 2.05) is 0 Å². The van der Waals surface area contributed by atoms with Crippen molar-refractivity contribution in [2.45, 2.75) is 6.92 Å². The zero-order chi connectivity index (χ0) is 13.3. The smallest absolute Gasteiger partial charge is 0.193 e. The Morgan fingerprint density at radius 2 is 1.94 bits per heavy atom. The zero-order valence-electron chi connectivity index (χ0n) is 9.51. The van der Waals surface area contributed by atoms with Crippen molar-refractivity contribution in [1.82, 2.24) is 0 Å². The van der Waals surface area contributed by atoms with Crippen LogP contribution in [0, 0.1) is 12.7 Å². The van der Waals surface area contributed by atoms with Gasteiger partial charge in [-0.2, -0.15) is 0 Å². The van der Waals surface area contributed by atoms with Crippen molar-refractivity contribution in [2.24, 2.45) is 0 Å². The van der Waals surface area contributed by atoms with Gasteiger partial charge in [0.1, 0.15) is 5.82 Å². The van der Waals surface area contributed by atoms with E-state index in [9.17, 15) is 9.18 Å². The predicted molar refractivity (Wildman–Crippen MR) is 73.7 cm³/mol. The van der Waals surface area contributed by atoms with Gasteiger partial charge < -0.3 is 0 Å². The number of aryl methyl sites for hydroxylation is 1. The summed E-state index contributed by atoms with van der Waals surface area (Å²) in [4.78, 5) is 12.3. The summed E-state index contributed by atoms with van der Waals surface area (Å²) in [5.74, 6) is -0.666. The summed E-state index contributed by atoms with van der Waals surface area (Å²) >= 11 is 9.17. The van der Waals surface area contributed by atoms with Crippen LogP contribution in [0.25, 0.3) is 0 Å². The Balaban J connectivity index is 2.51. The molecule has 92 valence electrons. The van der Waals surface area contributed by atoms with Gasteiger partial charge in [-0.1, -0.05) is 33.6 Å².